The van der Waals surface area contributed by atoms with Crippen molar-refractivity contribution in [2.75, 3.05) is 5.32 Å². The predicted octanol–water partition coefficient (Wildman–Crippen LogP) is 2.79. The SMILES string of the molecule is Cn1nncc1CNc1ccc(Br)c(I)c1. The van der Waals surface area contributed by atoms with Gasteiger partial charge in [-0.1, -0.05) is 5.21 Å². The lowest BCUT2D eigenvalue weighted by Crippen LogP contribution is -2.05. The van der Waals surface area contributed by atoms with Crippen LogP contribution in [0.5, 0.6) is 0 Å². The van der Waals surface area contributed by atoms with Gasteiger partial charge in [0.15, 0.2) is 0 Å². The van der Waals surface area contributed by atoms with Crippen molar-refractivity contribution in [3.8, 4) is 0 Å². The first-order valence-electron chi connectivity index (χ1n) is 4.69. The van der Waals surface area contributed by atoms with Crippen molar-refractivity contribution in [1.29, 1.82) is 0 Å². The standard InChI is InChI=1S/C10H10BrIN4/c1-16-8(6-14-15-16)5-13-7-2-3-9(11)10(12)4-7/h2-4,6,13H,5H2,1H3. The molecule has 1 aromatic heterocycles. The average Bonchev–Trinajstić information content (AvgIpc) is 2.66. The molecule has 0 unspecified atom stereocenters. The molecule has 1 N–H and O–H groups in total. The van der Waals surface area contributed by atoms with Crippen LogP contribution in [0.2, 0.25) is 0 Å². The zero-order chi connectivity index (χ0) is 11.5. The van der Waals surface area contributed by atoms with Gasteiger partial charge >= 0.3 is 0 Å². The number of hydrogen-bond acceptors (Lipinski definition) is 3. The molecule has 16 heavy (non-hydrogen) atoms. The summed E-state index contributed by atoms with van der Waals surface area (Å²) >= 11 is 5.76. The third-order valence-corrected chi connectivity index (χ3v) is 4.53. The van der Waals surface area contributed by atoms with E-state index in [0.29, 0.717) is 0 Å². The van der Waals surface area contributed by atoms with Crippen molar-refractivity contribution in [2.45, 2.75) is 6.54 Å². The van der Waals surface area contributed by atoms with E-state index in [9.17, 15) is 0 Å². The number of nitrogens with zero attached hydrogens (tertiary/aromatic N) is 3. The van der Waals surface area contributed by atoms with Crippen molar-refractivity contribution >= 4 is 44.2 Å². The quantitative estimate of drug-likeness (QED) is 0.816. The molecule has 84 valence electrons. The number of halogens is 2. The zero-order valence-corrected chi connectivity index (χ0v) is 12.4. The van der Waals surface area contributed by atoms with Crippen LogP contribution < -0.4 is 5.32 Å². The first-order chi connectivity index (χ1) is 7.66. The average molecular weight is 393 g/mol. The maximum Gasteiger partial charge on any atom is 0.0774 e. The predicted molar refractivity (Wildman–Crippen MR) is 75.2 cm³/mol. The minimum atomic E-state index is 0.723. The molecule has 6 heteroatoms. The van der Waals surface area contributed by atoms with E-state index < -0.39 is 0 Å². The van der Waals surface area contributed by atoms with Gasteiger partial charge in [-0.2, -0.15) is 0 Å². The van der Waals surface area contributed by atoms with Crippen LogP contribution in [0.25, 0.3) is 0 Å². The third-order valence-electron chi connectivity index (χ3n) is 2.20. The topological polar surface area (TPSA) is 42.7 Å². The van der Waals surface area contributed by atoms with E-state index in [4.69, 9.17) is 0 Å². The summed E-state index contributed by atoms with van der Waals surface area (Å²) < 4.78 is 4.06. The fourth-order valence-corrected chi connectivity index (χ4v) is 2.03. The van der Waals surface area contributed by atoms with Crippen LogP contribution in [0.15, 0.2) is 28.9 Å². The summed E-state index contributed by atoms with van der Waals surface area (Å²) in [6, 6.07) is 6.16. The van der Waals surface area contributed by atoms with Gasteiger partial charge in [0.1, 0.15) is 0 Å². The van der Waals surface area contributed by atoms with Gasteiger partial charge in [0.05, 0.1) is 18.4 Å². The van der Waals surface area contributed by atoms with E-state index in [1.54, 1.807) is 10.9 Å². The van der Waals surface area contributed by atoms with E-state index in [0.717, 1.165) is 22.4 Å². The van der Waals surface area contributed by atoms with Crippen LogP contribution in [0, 0.1) is 3.57 Å². The van der Waals surface area contributed by atoms with Crippen LogP contribution in [0.1, 0.15) is 5.69 Å². The minimum absolute atomic E-state index is 0.723. The van der Waals surface area contributed by atoms with E-state index in [-0.39, 0.29) is 0 Å². The second-order valence-corrected chi connectivity index (χ2v) is 5.35. The molecule has 0 spiro atoms. The Morgan fingerprint density at radius 2 is 2.31 bits per heavy atom. The Hall–Kier alpha value is -0.630. The molecule has 0 radical (unpaired) electrons. The Morgan fingerprint density at radius 3 is 2.94 bits per heavy atom. The highest BCUT2D eigenvalue weighted by atomic mass is 127. The number of hydrogen-bond donors (Lipinski definition) is 1. The summed E-state index contributed by atoms with van der Waals surface area (Å²) in [5, 5.41) is 11.0. The summed E-state index contributed by atoms with van der Waals surface area (Å²) in [6.45, 7) is 0.723. The summed E-state index contributed by atoms with van der Waals surface area (Å²) in [5.74, 6) is 0. The Morgan fingerprint density at radius 1 is 1.50 bits per heavy atom. The number of aryl methyl sites for hydroxylation is 1. The van der Waals surface area contributed by atoms with Gasteiger partial charge in [0, 0.05) is 20.8 Å². The molecule has 1 heterocycles. The largest absolute Gasteiger partial charge is 0.379 e. The number of aromatic nitrogens is 3. The molecule has 4 nitrogen and oxygen atoms in total. The third kappa shape index (κ3) is 2.73. The molecule has 0 aliphatic heterocycles. The molecule has 0 bridgehead atoms. The molecule has 0 fully saturated rings. The van der Waals surface area contributed by atoms with Crippen LogP contribution in [0.3, 0.4) is 0 Å². The van der Waals surface area contributed by atoms with E-state index in [1.165, 1.54) is 3.57 Å². The van der Waals surface area contributed by atoms with Gasteiger partial charge in [-0.15, -0.1) is 5.10 Å². The molecule has 0 aliphatic rings. The maximum absolute atomic E-state index is 3.88. The smallest absolute Gasteiger partial charge is 0.0774 e. The van der Waals surface area contributed by atoms with Crippen molar-refractivity contribution in [2.24, 2.45) is 7.05 Å². The molecule has 0 saturated heterocycles. The van der Waals surface area contributed by atoms with Gasteiger partial charge in [-0.25, -0.2) is 0 Å². The molecular formula is C10H10BrIN4. The van der Waals surface area contributed by atoms with Crippen molar-refractivity contribution in [1.82, 2.24) is 15.0 Å². The number of benzene rings is 1. The highest BCUT2D eigenvalue weighted by molar-refractivity contribution is 14.1. The van der Waals surface area contributed by atoms with Crippen LogP contribution in [0.4, 0.5) is 5.69 Å². The van der Waals surface area contributed by atoms with E-state index in [2.05, 4.69) is 60.2 Å². The molecule has 0 atom stereocenters. The summed E-state index contributed by atoms with van der Waals surface area (Å²) in [7, 11) is 1.88. The van der Waals surface area contributed by atoms with Crippen LogP contribution in [-0.4, -0.2) is 15.0 Å². The highest BCUT2D eigenvalue weighted by Gasteiger charge is 2.01. The molecule has 0 saturated carbocycles. The lowest BCUT2D eigenvalue weighted by molar-refractivity contribution is 0.683. The summed E-state index contributed by atoms with van der Waals surface area (Å²) in [5.41, 5.74) is 2.15. The Labute approximate surface area is 116 Å². The van der Waals surface area contributed by atoms with Crippen molar-refractivity contribution in [3.05, 3.63) is 38.1 Å². The van der Waals surface area contributed by atoms with Crippen molar-refractivity contribution in [3.63, 3.8) is 0 Å². The Bertz CT molecular complexity index is 497. The second-order valence-electron chi connectivity index (χ2n) is 3.33. The lowest BCUT2D eigenvalue weighted by atomic mass is 10.3. The van der Waals surface area contributed by atoms with Crippen LogP contribution >= 0.6 is 38.5 Å². The normalized spacial score (nSPS) is 10.4. The number of anilines is 1. The summed E-state index contributed by atoms with van der Waals surface area (Å²) in [6.07, 6.45) is 1.76. The zero-order valence-electron chi connectivity index (χ0n) is 8.61. The monoisotopic (exact) mass is 392 g/mol. The first-order valence-corrected chi connectivity index (χ1v) is 6.56. The van der Waals surface area contributed by atoms with Gasteiger partial charge < -0.3 is 5.32 Å². The molecule has 0 amide bonds. The Kier molecular flexibility index (Phi) is 3.80. The molecule has 0 aliphatic carbocycles. The molecule has 1 aromatic carbocycles. The molecule has 2 rings (SSSR count). The second kappa shape index (κ2) is 5.13. The molecule has 2 aromatic rings. The van der Waals surface area contributed by atoms with Crippen LogP contribution in [-0.2, 0) is 13.6 Å². The highest BCUT2D eigenvalue weighted by Crippen LogP contribution is 2.22. The van der Waals surface area contributed by atoms with Gasteiger partial charge in [-0.05, 0) is 56.7 Å². The number of rotatable bonds is 3. The Balaban J connectivity index is 2.05. The van der Waals surface area contributed by atoms with E-state index in [1.807, 2.05) is 19.2 Å². The number of nitrogens with one attached hydrogen (secondary N) is 1. The van der Waals surface area contributed by atoms with Gasteiger partial charge in [0.25, 0.3) is 0 Å². The molecular weight excluding hydrogens is 383 g/mol. The van der Waals surface area contributed by atoms with Gasteiger partial charge in [0.2, 0.25) is 0 Å². The minimum Gasteiger partial charge on any atom is -0.379 e. The fourth-order valence-electron chi connectivity index (χ4n) is 1.27. The van der Waals surface area contributed by atoms with Gasteiger partial charge in [-0.3, -0.25) is 4.68 Å². The maximum atomic E-state index is 3.88. The fraction of sp³-hybridized carbons (Fsp3) is 0.200. The first kappa shape index (κ1) is 11.8. The summed E-state index contributed by atoms with van der Waals surface area (Å²) in [4.78, 5) is 0. The lowest BCUT2D eigenvalue weighted by Gasteiger charge is -2.07. The van der Waals surface area contributed by atoms with E-state index >= 15 is 0 Å². The van der Waals surface area contributed by atoms with Crippen molar-refractivity contribution < 1.29 is 0 Å².